The van der Waals surface area contributed by atoms with Crippen LogP contribution in [0.1, 0.15) is 155 Å². The van der Waals surface area contributed by atoms with Crippen molar-refractivity contribution in [3.63, 3.8) is 0 Å². The van der Waals surface area contributed by atoms with Gasteiger partial charge in [0, 0.05) is 6.61 Å². The normalized spacial score (nSPS) is 12.8. The Morgan fingerprint density at radius 2 is 0.933 bits per heavy atom. The maximum absolute atomic E-state index is 10.1. The molecular weight excluding hydrogens is 368 g/mol. The van der Waals surface area contributed by atoms with Crippen molar-refractivity contribution in [1.82, 2.24) is 0 Å². The summed E-state index contributed by atoms with van der Waals surface area (Å²) in [5.74, 6) is 0. The molecular formula is C28H56O2. The maximum Gasteiger partial charge on any atom is 0.0720 e. The van der Waals surface area contributed by atoms with Gasteiger partial charge in [0.05, 0.1) is 6.10 Å². The van der Waals surface area contributed by atoms with Crippen LogP contribution in [-0.2, 0) is 0 Å². The molecule has 0 radical (unpaired) electrons. The Bertz CT molecular complexity index is 327. The maximum atomic E-state index is 10.1. The number of rotatable bonds is 25. The van der Waals surface area contributed by atoms with Crippen molar-refractivity contribution in [1.29, 1.82) is 0 Å². The van der Waals surface area contributed by atoms with Crippen molar-refractivity contribution in [2.45, 2.75) is 161 Å². The number of unbranched alkanes of at least 4 members (excludes halogenated alkanes) is 20. The average molecular weight is 425 g/mol. The minimum Gasteiger partial charge on any atom is -0.396 e. The first kappa shape index (κ1) is 29.7. The van der Waals surface area contributed by atoms with E-state index in [4.69, 9.17) is 5.11 Å². The van der Waals surface area contributed by atoms with Gasteiger partial charge in [0.15, 0.2) is 0 Å². The lowest BCUT2D eigenvalue weighted by molar-refractivity contribution is 0.207. The van der Waals surface area contributed by atoms with Crippen LogP contribution in [0.3, 0.4) is 0 Å². The summed E-state index contributed by atoms with van der Waals surface area (Å²) in [5, 5.41) is 18.8. The van der Waals surface area contributed by atoms with Crippen LogP contribution in [0.4, 0.5) is 0 Å². The summed E-state index contributed by atoms with van der Waals surface area (Å²) in [6, 6.07) is 0. The van der Waals surface area contributed by atoms with Gasteiger partial charge in [0.1, 0.15) is 0 Å². The molecule has 0 spiro atoms. The van der Waals surface area contributed by atoms with Crippen molar-refractivity contribution in [3.05, 3.63) is 12.2 Å². The molecule has 1 unspecified atom stereocenters. The van der Waals surface area contributed by atoms with Crippen LogP contribution in [0.15, 0.2) is 12.2 Å². The van der Waals surface area contributed by atoms with Crippen LogP contribution >= 0.6 is 0 Å². The first-order valence-corrected chi connectivity index (χ1v) is 13.8. The number of allylic oxidation sites excluding steroid dienone is 1. The molecule has 2 N–H and O–H groups in total. The van der Waals surface area contributed by atoms with E-state index < -0.39 is 0 Å². The minimum atomic E-state index is -0.235. The first-order chi connectivity index (χ1) is 14.8. The van der Waals surface area contributed by atoms with Crippen LogP contribution in [0, 0.1) is 0 Å². The molecule has 180 valence electrons. The highest BCUT2D eigenvalue weighted by molar-refractivity contribution is 4.88. The summed E-state index contributed by atoms with van der Waals surface area (Å²) >= 11 is 0. The quantitative estimate of drug-likeness (QED) is 0.113. The van der Waals surface area contributed by atoms with Gasteiger partial charge in [-0.15, -0.1) is 0 Å². The molecule has 0 aromatic carbocycles. The molecule has 30 heavy (non-hydrogen) atoms. The molecule has 2 nitrogen and oxygen atoms in total. The second-order valence-electron chi connectivity index (χ2n) is 9.37. The molecule has 2 heteroatoms. The van der Waals surface area contributed by atoms with Gasteiger partial charge < -0.3 is 10.2 Å². The SMILES string of the molecule is CCCCCCCCCCCCCCCCC(O)C=CCCCCCCCCCO. The molecule has 0 aromatic rings. The van der Waals surface area contributed by atoms with E-state index in [0.29, 0.717) is 6.61 Å². The highest BCUT2D eigenvalue weighted by Crippen LogP contribution is 2.14. The third kappa shape index (κ3) is 25.7. The lowest BCUT2D eigenvalue weighted by Gasteiger charge is -2.06. The predicted molar refractivity (Wildman–Crippen MR) is 134 cm³/mol. The topological polar surface area (TPSA) is 40.5 Å². The Morgan fingerprint density at radius 1 is 0.533 bits per heavy atom. The standard InChI is InChI=1S/C28H56O2/c1-2-3-4-5-6-7-8-9-10-11-13-16-19-22-25-28(30)26-23-20-17-14-12-15-18-21-24-27-29/h23,26,28-30H,2-22,24-25,27H2,1H3. The molecule has 0 rings (SSSR count). The molecule has 0 saturated carbocycles. The largest absolute Gasteiger partial charge is 0.396 e. The van der Waals surface area contributed by atoms with Crippen LogP contribution in [0.5, 0.6) is 0 Å². The van der Waals surface area contributed by atoms with E-state index in [-0.39, 0.29) is 6.10 Å². The van der Waals surface area contributed by atoms with Gasteiger partial charge in [0.2, 0.25) is 0 Å². The fourth-order valence-electron chi connectivity index (χ4n) is 4.16. The summed E-state index contributed by atoms with van der Waals surface area (Å²) in [7, 11) is 0. The van der Waals surface area contributed by atoms with Crippen LogP contribution in [0.2, 0.25) is 0 Å². The summed E-state index contributed by atoms with van der Waals surface area (Å²) in [4.78, 5) is 0. The molecule has 0 saturated heterocycles. The molecule has 1 atom stereocenters. The lowest BCUT2D eigenvalue weighted by atomic mass is 10.0. The number of aliphatic hydroxyl groups excluding tert-OH is 2. The highest BCUT2D eigenvalue weighted by Gasteiger charge is 1.99. The van der Waals surface area contributed by atoms with Gasteiger partial charge >= 0.3 is 0 Å². The van der Waals surface area contributed by atoms with E-state index >= 15 is 0 Å². The summed E-state index contributed by atoms with van der Waals surface area (Å²) < 4.78 is 0. The molecule has 0 aliphatic carbocycles. The van der Waals surface area contributed by atoms with E-state index in [1.165, 1.54) is 122 Å². The third-order valence-corrected chi connectivity index (χ3v) is 6.24. The van der Waals surface area contributed by atoms with E-state index in [9.17, 15) is 5.11 Å². The molecule has 0 bridgehead atoms. The highest BCUT2D eigenvalue weighted by atomic mass is 16.3. The van der Waals surface area contributed by atoms with Gasteiger partial charge in [-0.2, -0.15) is 0 Å². The van der Waals surface area contributed by atoms with Gasteiger partial charge in [-0.1, -0.05) is 141 Å². The zero-order valence-corrected chi connectivity index (χ0v) is 20.6. The van der Waals surface area contributed by atoms with Crippen molar-refractivity contribution < 1.29 is 10.2 Å². The smallest absolute Gasteiger partial charge is 0.0720 e. The Labute approximate surface area is 189 Å². The second kappa shape index (κ2) is 26.7. The summed E-state index contributed by atoms with van der Waals surface area (Å²) in [6.45, 7) is 2.63. The van der Waals surface area contributed by atoms with Crippen LogP contribution < -0.4 is 0 Å². The van der Waals surface area contributed by atoms with E-state index in [1.54, 1.807) is 0 Å². The summed E-state index contributed by atoms with van der Waals surface area (Å²) in [6.07, 6.45) is 33.9. The summed E-state index contributed by atoms with van der Waals surface area (Å²) in [5.41, 5.74) is 0. The number of hydrogen-bond donors (Lipinski definition) is 2. The fraction of sp³-hybridized carbons (Fsp3) is 0.929. The average Bonchev–Trinajstić information content (AvgIpc) is 2.75. The minimum absolute atomic E-state index is 0.235. The third-order valence-electron chi connectivity index (χ3n) is 6.24. The Balaban J connectivity index is 3.20. The van der Waals surface area contributed by atoms with Crippen LogP contribution in [0.25, 0.3) is 0 Å². The molecule has 0 amide bonds. The van der Waals surface area contributed by atoms with Gasteiger partial charge in [0.25, 0.3) is 0 Å². The monoisotopic (exact) mass is 424 g/mol. The molecule has 0 aliphatic rings. The molecule has 0 heterocycles. The lowest BCUT2D eigenvalue weighted by Crippen LogP contribution is -2.01. The zero-order valence-electron chi connectivity index (χ0n) is 20.6. The predicted octanol–water partition coefficient (Wildman–Crippen LogP) is 8.89. The zero-order chi connectivity index (χ0) is 22.0. The van der Waals surface area contributed by atoms with Crippen LogP contribution in [-0.4, -0.2) is 22.9 Å². The van der Waals surface area contributed by atoms with Crippen molar-refractivity contribution in [2.24, 2.45) is 0 Å². The Hall–Kier alpha value is -0.340. The molecule has 0 aliphatic heterocycles. The van der Waals surface area contributed by atoms with Crippen molar-refractivity contribution in [3.8, 4) is 0 Å². The van der Waals surface area contributed by atoms with Gasteiger partial charge in [-0.3, -0.25) is 0 Å². The molecule has 0 fully saturated rings. The second-order valence-corrected chi connectivity index (χ2v) is 9.37. The van der Waals surface area contributed by atoms with Crippen molar-refractivity contribution >= 4 is 0 Å². The van der Waals surface area contributed by atoms with E-state index in [2.05, 4.69) is 13.0 Å². The number of hydrogen-bond acceptors (Lipinski definition) is 2. The Kier molecular flexibility index (Phi) is 26.4. The van der Waals surface area contributed by atoms with Gasteiger partial charge in [-0.25, -0.2) is 0 Å². The first-order valence-electron chi connectivity index (χ1n) is 13.8. The Morgan fingerprint density at radius 3 is 1.40 bits per heavy atom. The van der Waals surface area contributed by atoms with Crippen molar-refractivity contribution in [2.75, 3.05) is 6.61 Å². The molecule has 0 aromatic heterocycles. The van der Waals surface area contributed by atoms with E-state index in [1.807, 2.05) is 6.08 Å². The van der Waals surface area contributed by atoms with E-state index in [0.717, 1.165) is 25.7 Å². The number of aliphatic hydroxyl groups is 2. The van der Waals surface area contributed by atoms with Gasteiger partial charge in [-0.05, 0) is 25.7 Å². The fourth-order valence-corrected chi connectivity index (χ4v) is 4.16.